The number of rotatable bonds is 6. The largest absolute Gasteiger partial charge is 0.351 e. The monoisotopic (exact) mass is 242 g/mol. The summed E-state index contributed by atoms with van der Waals surface area (Å²) in [7, 11) is 0. The van der Waals surface area contributed by atoms with Gasteiger partial charge in [0.15, 0.2) is 0 Å². The topological polar surface area (TPSA) is 17.0 Å². The van der Waals surface area contributed by atoms with Crippen LogP contribution in [0.5, 0.6) is 0 Å². The van der Waals surface area contributed by atoms with Gasteiger partial charge >= 0.3 is 0 Å². The Morgan fingerprint density at radius 3 is 2.44 bits per heavy atom. The Bertz CT molecular complexity index is 485. The summed E-state index contributed by atoms with van der Waals surface area (Å²) in [5, 5.41) is 3.53. The Kier molecular flexibility index (Phi) is 4.59. The number of hydrogen-bond donors (Lipinski definition) is 1. The molecule has 0 aliphatic rings. The molecule has 0 saturated heterocycles. The molecule has 2 heteroatoms. The van der Waals surface area contributed by atoms with Crippen molar-refractivity contribution in [2.75, 3.05) is 0 Å². The van der Waals surface area contributed by atoms with Crippen molar-refractivity contribution in [3.8, 4) is 0 Å². The molecule has 0 unspecified atom stereocenters. The molecule has 1 aromatic heterocycles. The third-order valence-corrected chi connectivity index (χ3v) is 3.39. The summed E-state index contributed by atoms with van der Waals surface area (Å²) in [5.41, 5.74) is 4.21. The van der Waals surface area contributed by atoms with Gasteiger partial charge in [-0.1, -0.05) is 31.2 Å². The third-order valence-electron chi connectivity index (χ3n) is 3.39. The number of aromatic nitrogens is 1. The highest BCUT2D eigenvalue weighted by molar-refractivity contribution is 5.26. The lowest BCUT2D eigenvalue weighted by Gasteiger charge is -2.10. The molecule has 0 aliphatic heterocycles. The Morgan fingerprint density at radius 1 is 0.944 bits per heavy atom. The fraction of sp³-hybridized carbons (Fsp3) is 0.375. The lowest BCUT2D eigenvalue weighted by Crippen LogP contribution is -2.16. The summed E-state index contributed by atoms with van der Waals surface area (Å²) in [6.45, 7) is 7.30. The van der Waals surface area contributed by atoms with Gasteiger partial charge in [0.25, 0.3) is 0 Å². The quantitative estimate of drug-likeness (QED) is 0.822. The summed E-state index contributed by atoms with van der Waals surface area (Å²) in [4.78, 5) is 0. The van der Waals surface area contributed by atoms with Crippen molar-refractivity contribution < 1.29 is 0 Å². The summed E-state index contributed by atoms with van der Waals surface area (Å²) in [5.74, 6) is 0. The minimum Gasteiger partial charge on any atom is -0.351 e. The molecule has 2 nitrogen and oxygen atoms in total. The van der Waals surface area contributed by atoms with Crippen molar-refractivity contribution in [2.24, 2.45) is 0 Å². The number of hydrogen-bond acceptors (Lipinski definition) is 1. The van der Waals surface area contributed by atoms with Gasteiger partial charge in [0.05, 0.1) is 0 Å². The van der Waals surface area contributed by atoms with Gasteiger partial charge in [0.2, 0.25) is 0 Å². The van der Waals surface area contributed by atoms with E-state index < -0.39 is 0 Å². The zero-order valence-electron chi connectivity index (χ0n) is 11.3. The van der Waals surface area contributed by atoms with Crippen LogP contribution in [0.4, 0.5) is 0 Å². The molecule has 0 bridgehead atoms. The van der Waals surface area contributed by atoms with Gasteiger partial charge in [-0.3, -0.25) is 0 Å². The summed E-state index contributed by atoms with van der Waals surface area (Å²) in [6.07, 6.45) is 3.24. The van der Waals surface area contributed by atoms with Crippen LogP contribution in [-0.2, 0) is 26.1 Å². The van der Waals surface area contributed by atoms with E-state index in [4.69, 9.17) is 0 Å². The third kappa shape index (κ3) is 3.02. The Balaban J connectivity index is 1.92. The molecule has 0 radical (unpaired) electrons. The van der Waals surface area contributed by atoms with Crippen LogP contribution >= 0.6 is 0 Å². The molecule has 2 rings (SSSR count). The van der Waals surface area contributed by atoms with E-state index >= 15 is 0 Å². The van der Waals surface area contributed by atoms with Crippen LogP contribution in [0, 0.1) is 0 Å². The lowest BCUT2D eigenvalue weighted by atomic mass is 10.1. The van der Waals surface area contributed by atoms with E-state index in [0.29, 0.717) is 0 Å². The van der Waals surface area contributed by atoms with Crippen molar-refractivity contribution in [3.63, 3.8) is 0 Å². The summed E-state index contributed by atoms with van der Waals surface area (Å²) < 4.78 is 2.28. The molecule has 1 aromatic carbocycles. The highest BCUT2D eigenvalue weighted by atomic mass is 15.0. The smallest absolute Gasteiger partial charge is 0.0362 e. The SMILES string of the molecule is CCc1ccccc1CNCc1cccn1CC. The minimum absolute atomic E-state index is 0.929. The zero-order valence-corrected chi connectivity index (χ0v) is 11.3. The highest BCUT2D eigenvalue weighted by Gasteiger charge is 2.01. The molecule has 1 N–H and O–H groups in total. The van der Waals surface area contributed by atoms with Crippen LogP contribution in [-0.4, -0.2) is 4.57 Å². The maximum atomic E-state index is 3.53. The van der Waals surface area contributed by atoms with E-state index in [2.05, 4.69) is 66.3 Å². The number of benzene rings is 1. The molecule has 0 aliphatic carbocycles. The van der Waals surface area contributed by atoms with Gasteiger partial charge in [-0.05, 0) is 36.6 Å². The normalized spacial score (nSPS) is 10.8. The first-order valence-corrected chi connectivity index (χ1v) is 6.76. The summed E-state index contributed by atoms with van der Waals surface area (Å²) in [6, 6.07) is 13.0. The van der Waals surface area contributed by atoms with E-state index in [-0.39, 0.29) is 0 Å². The predicted octanol–water partition coefficient (Wildman–Crippen LogP) is 3.36. The molecule has 0 atom stereocenters. The average molecular weight is 242 g/mol. The Morgan fingerprint density at radius 2 is 1.72 bits per heavy atom. The van der Waals surface area contributed by atoms with Crippen LogP contribution < -0.4 is 5.32 Å². The molecule has 2 aromatic rings. The Labute approximate surface area is 110 Å². The van der Waals surface area contributed by atoms with Crippen LogP contribution in [0.15, 0.2) is 42.6 Å². The van der Waals surface area contributed by atoms with Crippen molar-refractivity contribution in [1.82, 2.24) is 9.88 Å². The van der Waals surface area contributed by atoms with Crippen molar-refractivity contribution in [1.29, 1.82) is 0 Å². The van der Waals surface area contributed by atoms with Crippen LogP contribution in [0.2, 0.25) is 0 Å². The van der Waals surface area contributed by atoms with Crippen LogP contribution in [0.1, 0.15) is 30.7 Å². The van der Waals surface area contributed by atoms with Crippen LogP contribution in [0.3, 0.4) is 0 Å². The maximum Gasteiger partial charge on any atom is 0.0362 e. The van der Waals surface area contributed by atoms with Crippen molar-refractivity contribution in [2.45, 2.75) is 39.9 Å². The Hall–Kier alpha value is -1.54. The number of aryl methyl sites for hydroxylation is 2. The summed E-state index contributed by atoms with van der Waals surface area (Å²) >= 11 is 0. The van der Waals surface area contributed by atoms with Gasteiger partial charge in [-0.15, -0.1) is 0 Å². The van der Waals surface area contributed by atoms with Crippen LogP contribution in [0.25, 0.3) is 0 Å². The predicted molar refractivity (Wildman–Crippen MR) is 76.5 cm³/mol. The first-order chi connectivity index (χ1) is 8.85. The molecule has 0 fully saturated rings. The van der Waals surface area contributed by atoms with E-state index in [1.54, 1.807) is 0 Å². The molecule has 96 valence electrons. The van der Waals surface area contributed by atoms with Gasteiger partial charge < -0.3 is 9.88 Å². The van der Waals surface area contributed by atoms with Gasteiger partial charge in [0, 0.05) is 31.5 Å². The minimum atomic E-state index is 0.929. The number of nitrogens with zero attached hydrogens (tertiary/aromatic N) is 1. The van der Waals surface area contributed by atoms with Gasteiger partial charge in [0.1, 0.15) is 0 Å². The standard InChI is InChI=1S/C16H22N2/c1-3-14-8-5-6-9-15(14)12-17-13-16-10-7-11-18(16)4-2/h5-11,17H,3-4,12-13H2,1-2H3. The fourth-order valence-electron chi connectivity index (χ4n) is 2.32. The second-order valence-electron chi connectivity index (χ2n) is 4.51. The van der Waals surface area contributed by atoms with Crippen molar-refractivity contribution in [3.05, 3.63) is 59.4 Å². The fourth-order valence-corrected chi connectivity index (χ4v) is 2.32. The molecule has 0 spiro atoms. The molecule has 18 heavy (non-hydrogen) atoms. The van der Waals surface area contributed by atoms with Crippen molar-refractivity contribution >= 4 is 0 Å². The van der Waals surface area contributed by atoms with Gasteiger partial charge in [-0.2, -0.15) is 0 Å². The number of nitrogens with one attached hydrogen (secondary N) is 1. The van der Waals surface area contributed by atoms with E-state index in [1.165, 1.54) is 16.8 Å². The first-order valence-electron chi connectivity index (χ1n) is 6.76. The average Bonchev–Trinajstić information content (AvgIpc) is 2.87. The van der Waals surface area contributed by atoms with E-state index in [0.717, 1.165) is 26.1 Å². The van der Waals surface area contributed by atoms with Gasteiger partial charge in [-0.25, -0.2) is 0 Å². The van der Waals surface area contributed by atoms with E-state index in [9.17, 15) is 0 Å². The molecule has 0 amide bonds. The maximum absolute atomic E-state index is 3.53. The second kappa shape index (κ2) is 6.41. The molecular formula is C16H22N2. The molecule has 0 saturated carbocycles. The molecule has 1 heterocycles. The lowest BCUT2D eigenvalue weighted by molar-refractivity contribution is 0.627. The van der Waals surface area contributed by atoms with E-state index in [1.807, 2.05) is 0 Å². The molecular weight excluding hydrogens is 220 g/mol. The second-order valence-corrected chi connectivity index (χ2v) is 4.51. The highest BCUT2D eigenvalue weighted by Crippen LogP contribution is 2.09. The zero-order chi connectivity index (χ0) is 12.8. The first kappa shape index (κ1) is 12.9.